The quantitative estimate of drug-likeness (QED) is 0.0279. The number of phosphoric ester groups is 1. The van der Waals surface area contributed by atoms with Gasteiger partial charge in [0.2, 0.25) is 0 Å². The van der Waals surface area contributed by atoms with Gasteiger partial charge in [-0.05, 0) is 51.4 Å². The lowest BCUT2D eigenvalue weighted by Crippen LogP contribution is -2.29. The lowest BCUT2D eigenvalue weighted by molar-refractivity contribution is -0.161. The molecule has 0 rings (SSSR count). The van der Waals surface area contributed by atoms with E-state index in [0.29, 0.717) is 12.8 Å². The molecule has 0 aliphatic rings. The van der Waals surface area contributed by atoms with Gasteiger partial charge in [0.15, 0.2) is 6.10 Å². The van der Waals surface area contributed by atoms with Crippen molar-refractivity contribution in [3.63, 3.8) is 0 Å². The van der Waals surface area contributed by atoms with Crippen molar-refractivity contribution >= 4 is 19.8 Å². The van der Waals surface area contributed by atoms with Gasteiger partial charge in [0.1, 0.15) is 6.61 Å². The highest BCUT2D eigenvalue weighted by molar-refractivity contribution is 7.47. The fraction of sp³-hybridized carbons (Fsp3) is 0.707. The summed E-state index contributed by atoms with van der Waals surface area (Å²) in [6, 6.07) is 0. The Hall–Kier alpha value is -2.29. The summed E-state index contributed by atoms with van der Waals surface area (Å²) in [6.07, 6.45) is 42.7. The van der Waals surface area contributed by atoms with E-state index in [1.807, 2.05) is 12.2 Å². The van der Waals surface area contributed by atoms with Crippen LogP contribution in [0.5, 0.6) is 0 Å². The summed E-state index contributed by atoms with van der Waals surface area (Å²) in [6.45, 7) is 3.59. The van der Waals surface area contributed by atoms with Gasteiger partial charge in [0.05, 0.1) is 13.2 Å². The maximum atomic E-state index is 12.5. The maximum absolute atomic E-state index is 12.5. The molecule has 0 heterocycles. The Morgan fingerprint density at radius 2 is 1.06 bits per heavy atom. The van der Waals surface area contributed by atoms with Crippen molar-refractivity contribution in [2.45, 2.75) is 161 Å². The van der Waals surface area contributed by atoms with Gasteiger partial charge in [-0.1, -0.05) is 152 Å². The molecule has 0 aromatic heterocycles. The summed E-state index contributed by atoms with van der Waals surface area (Å²) in [5, 5.41) is 0. The van der Waals surface area contributed by atoms with Crippen molar-refractivity contribution in [3.8, 4) is 0 Å². The summed E-state index contributed by atoms with van der Waals surface area (Å²) in [4.78, 5) is 34.7. The summed E-state index contributed by atoms with van der Waals surface area (Å²) in [5.41, 5.74) is 5.33. The van der Waals surface area contributed by atoms with E-state index in [2.05, 4.69) is 62.5 Å². The van der Waals surface area contributed by atoms with Crippen LogP contribution >= 0.6 is 7.82 Å². The minimum absolute atomic E-state index is 0.0426. The fourth-order valence-electron chi connectivity index (χ4n) is 4.97. The van der Waals surface area contributed by atoms with Crippen molar-refractivity contribution in [1.29, 1.82) is 0 Å². The molecule has 0 radical (unpaired) electrons. The third kappa shape index (κ3) is 37.3. The first kappa shape index (κ1) is 48.7. The lowest BCUT2D eigenvalue weighted by atomic mass is 10.1. The number of unbranched alkanes of at least 4 members (excludes halogenated alkanes) is 13. The molecule has 2 atom stereocenters. The monoisotopic (exact) mass is 737 g/mol. The summed E-state index contributed by atoms with van der Waals surface area (Å²) in [7, 11) is -4.39. The van der Waals surface area contributed by atoms with Gasteiger partial charge < -0.3 is 20.1 Å². The SMILES string of the molecule is CCCCC/C=C/C/C=C/C/C=C/C/C=C/C/C=C/CCC(=O)OC[C@@H](COP(=O)(O)OCCN)OC(=O)CCCCCCCCCCCCC. The highest BCUT2D eigenvalue weighted by atomic mass is 31.2. The molecule has 51 heavy (non-hydrogen) atoms. The number of esters is 2. The number of carbonyl (C=O) groups excluding carboxylic acids is 2. The number of nitrogens with two attached hydrogens (primary N) is 1. The number of phosphoric acid groups is 1. The Kier molecular flexibility index (Phi) is 35.8. The fourth-order valence-corrected chi connectivity index (χ4v) is 5.73. The van der Waals surface area contributed by atoms with Crippen LogP contribution in [0, 0.1) is 0 Å². The van der Waals surface area contributed by atoms with Crippen molar-refractivity contribution < 1.29 is 37.6 Å². The average Bonchev–Trinajstić information content (AvgIpc) is 3.11. The highest BCUT2D eigenvalue weighted by Gasteiger charge is 2.25. The molecule has 0 aliphatic heterocycles. The van der Waals surface area contributed by atoms with Crippen LogP contribution in [0.15, 0.2) is 60.8 Å². The largest absolute Gasteiger partial charge is 0.472 e. The molecule has 0 spiro atoms. The molecule has 0 bridgehead atoms. The number of hydrogen-bond donors (Lipinski definition) is 2. The first-order chi connectivity index (χ1) is 24.8. The van der Waals surface area contributed by atoms with Crippen LogP contribution < -0.4 is 5.73 Å². The second-order valence-electron chi connectivity index (χ2n) is 12.8. The first-order valence-electron chi connectivity index (χ1n) is 19.8. The average molecular weight is 738 g/mol. The van der Waals surface area contributed by atoms with Crippen LogP contribution in [-0.4, -0.2) is 49.3 Å². The number of rotatable bonds is 36. The Balaban J connectivity index is 4.32. The minimum atomic E-state index is -4.39. The molecule has 0 fully saturated rings. The molecular formula is C41H72NO8P. The van der Waals surface area contributed by atoms with Crippen LogP contribution in [0.3, 0.4) is 0 Å². The minimum Gasteiger partial charge on any atom is -0.462 e. The standard InChI is InChI=1S/C41H72NO8P/c1-3-5-7-9-11-13-15-16-17-18-19-20-21-22-24-25-27-29-31-33-40(43)47-37-39(38-49-51(45,46)48-36-35-42)50-41(44)34-32-30-28-26-23-14-12-10-8-6-4-2/h11,13,16-17,19-20,22,24,27,29,39H,3-10,12,14-15,18,21,23,25-26,28,30-38,42H2,1-2H3,(H,45,46)/b13-11+,17-16+,20-19+,24-22+,29-27+/t39-/m0/s1. The van der Waals surface area contributed by atoms with Crippen molar-refractivity contribution in [2.75, 3.05) is 26.4 Å². The van der Waals surface area contributed by atoms with E-state index in [1.165, 1.54) is 70.6 Å². The number of allylic oxidation sites excluding steroid dienone is 10. The van der Waals surface area contributed by atoms with Gasteiger partial charge in [-0.3, -0.25) is 18.6 Å². The van der Waals surface area contributed by atoms with Crippen LogP contribution in [0.1, 0.15) is 155 Å². The molecule has 9 nitrogen and oxygen atoms in total. The molecule has 0 saturated heterocycles. The van der Waals surface area contributed by atoms with Crippen molar-refractivity contribution in [1.82, 2.24) is 0 Å². The van der Waals surface area contributed by atoms with Gasteiger partial charge in [-0.25, -0.2) is 4.57 Å². The van der Waals surface area contributed by atoms with E-state index in [-0.39, 0.29) is 32.6 Å². The third-order valence-electron chi connectivity index (χ3n) is 7.92. The maximum Gasteiger partial charge on any atom is 0.472 e. The number of carbonyl (C=O) groups is 2. The van der Waals surface area contributed by atoms with E-state index in [4.69, 9.17) is 24.3 Å². The molecule has 294 valence electrons. The Morgan fingerprint density at radius 3 is 1.59 bits per heavy atom. The van der Waals surface area contributed by atoms with Gasteiger partial charge in [0, 0.05) is 19.4 Å². The Morgan fingerprint density at radius 1 is 0.588 bits per heavy atom. The van der Waals surface area contributed by atoms with E-state index in [0.717, 1.165) is 44.9 Å². The predicted octanol–water partition coefficient (Wildman–Crippen LogP) is 10.9. The third-order valence-corrected chi connectivity index (χ3v) is 8.90. The van der Waals surface area contributed by atoms with Crippen LogP contribution in [0.2, 0.25) is 0 Å². The van der Waals surface area contributed by atoms with Crippen LogP contribution in [-0.2, 0) is 32.7 Å². The predicted molar refractivity (Wildman–Crippen MR) is 210 cm³/mol. The van der Waals surface area contributed by atoms with Gasteiger partial charge >= 0.3 is 19.8 Å². The highest BCUT2D eigenvalue weighted by Crippen LogP contribution is 2.43. The van der Waals surface area contributed by atoms with Gasteiger partial charge in [-0.15, -0.1) is 0 Å². The van der Waals surface area contributed by atoms with E-state index in [9.17, 15) is 19.0 Å². The Labute approximate surface area is 310 Å². The van der Waals surface area contributed by atoms with Crippen LogP contribution in [0.4, 0.5) is 0 Å². The van der Waals surface area contributed by atoms with Crippen LogP contribution in [0.25, 0.3) is 0 Å². The molecule has 3 N–H and O–H groups in total. The second-order valence-corrected chi connectivity index (χ2v) is 14.3. The Bertz CT molecular complexity index is 1020. The summed E-state index contributed by atoms with van der Waals surface area (Å²) >= 11 is 0. The topological polar surface area (TPSA) is 134 Å². The normalized spacial score (nSPS) is 14.0. The molecule has 0 amide bonds. The molecule has 0 aromatic carbocycles. The molecule has 1 unspecified atom stereocenters. The zero-order valence-corrected chi connectivity index (χ0v) is 33.0. The molecule has 0 aliphatic carbocycles. The van der Waals surface area contributed by atoms with E-state index < -0.39 is 32.5 Å². The van der Waals surface area contributed by atoms with E-state index >= 15 is 0 Å². The summed E-state index contributed by atoms with van der Waals surface area (Å²) in [5.74, 6) is -0.929. The first-order valence-corrected chi connectivity index (χ1v) is 21.3. The molecular weight excluding hydrogens is 665 g/mol. The van der Waals surface area contributed by atoms with Gasteiger partial charge in [-0.2, -0.15) is 0 Å². The smallest absolute Gasteiger partial charge is 0.462 e. The van der Waals surface area contributed by atoms with E-state index in [1.54, 1.807) is 0 Å². The lowest BCUT2D eigenvalue weighted by Gasteiger charge is -2.19. The van der Waals surface area contributed by atoms with Gasteiger partial charge in [0.25, 0.3) is 0 Å². The number of ether oxygens (including phenoxy) is 2. The zero-order chi connectivity index (χ0) is 37.5. The number of hydrogen-bond acceptors (Lipinski definition) is 8. The van der Waals surface area contributed by atoms with Crippen molar-refractivity contribution in [2.24, 2.45) is 5.73 Å². The van der Waals surface area contributed by atoms with Crippen molar-refractivity contribution in [3.05, 3.63) is 60.8 Å². The molecule has 0 saturated carbocycles. The summed E-state index contributed by atoms with van der Waals surface area (Å²) < 4.78 is 32.6. The molecule has 10 heteroatoms. The zero-order valence-electron chi connectivity index (χ0n) is 32.1. The second kappa shape index (κ2) is 37.5. The molecule has 0 aromatic rings.